The van der Waals surface area contributed by atoms with E-state index in [9.17, 15) is 14.4 Å². The third kappa shape index (κ3) is 5.76. The summed E-state index contributed by atoms with van der Waals surface area (Å²) < 4.78 is 3.67. The van der Waals surface area contributed by atoms with E-state index >= 15 is 0 Å². The van der Waals surface area contributed by atoms with Gasteiger partial charge in [0.25, 0.3) is 5.91 Å². The summed E-state index contributed by atoms with van der Waals surface area (Å²) in [6, 6.07) is 16.2. The number of hydrogen-bond acceptors (Lipinski definition) is 4. The van der Waals surface area contributed by atoms with Crippen LogP contribution in [0.5, 0.6) is 0 Å². The summed E-state index contributed by atoms with van der Waals surface area (Å²) in [6.07, 6.45) is 0. The number of benzene rings is 3. The zero-order valence-electron chi connectivity index (χ0n) is 20.7. The molecule has 1 saturated carbocycles. The van der Waals surface area contributed by atoms with E-state index in [1.165, 1.54) is 12.1 Å². The number of aromatic nitrogens is 1. The number of H-pyrrole nitrogens is 1. The molecule has 12 heteroatoms. The summed E-state index contributed by atoms with van der Waals surface area (Å²) in [6.45, 7) is 1.98. The van der Waals surface area contributed by atoms with Gasteiger partial charge in [0.2, 0.25) is 5.91 Å². The zero-order chi connectivity index (χ0) is 28.8. The highest BCUT2D eigenvalue weighted by Gasteiger charge is 2.67. The fourth-order valence-electron chi connectivity index (χ4n) is 4.55. The van der Waals surface area contributed by atoms with Crippen LogP contribution in [0.15, 0.2) is 60.7 Å². The van der Waals surface area contributed by atoms with E-state index in [4.69, 9.17) is 62.7 Å². The van der Waals surface area contributed by atoms with E-state index in [0.29, 0.717) is 43.6 Å². The minimum Gasteiger partial charge on any atom is -0.461 e. The number of anilines is 2. The fraction of sp³-hybridized carbons (Fsp3) is 0.179. The number of amides is 2. The Kier molecular flexibility index (Phi) is 7.97. The van der Waals surface area contributed by atoms with Crippen molar-refractivity contribution in [3.8, 4) is 0 Å². The second-order valence-corrected chi connectivity index (χ2v) is 11.9. The van der Waals surface area contributed by atoms with Gasteiger partial charge in [0, 0.05) is 38.2 Å². The fourth-order valence-corrected chi connectivity index (χ4v) is 6.12. The van der Waals surface area contributed by atoms with Crippen LogP contribution in [0.3, 0.4) is 0 Å². The topological polar surface area (TPSA) is 100 Å². The lowest BCUT2D eigenvalue weighted by molar-refractivity contribution is -0.117. The van der Waals surface area contributed by atoms with E-state index in [0.717, 1.165) is 0 Å². The van der Waals surface area contributed by atoms with Gasteiger partial charge in [-0.05, 0) is 73.2 Å². The molecule has 2 amide bonds. The summed E-state index contributed by atoms with van der Waals surface area (Å²) in [5.41, 5.74) is 2.61. The van der Waals surface area contributed by atoms with Crippen molar-refractivity contribution in [2.45, 2.75) is 17.2 Å². The minimum atomic E-state index is -1.35. The van der Waals surface area contributed by atoms with Crippen LogP contribution in [0.1, 0.15) is 39.3 Å². The Morgan fingerprint density at radius 1 is 0.900 bits per heavy atom. The highest BCUT2D eigenvalue weighted by Crippen LogP contribution is 2.65. The average molecular weight is 640 g/mol. The Hall–Kier alpha value is -2.94. The molecule has 3 N–H and O–H groups in total. The molecule has 1 aliphatic rings. The molecule has 5 rings (SSSR count). The lowest BCUT2D eigenvalue weighted by Crippen LogP contribution is -2.18. The number of carbonyl (C=O) groups is 3. The maximum atomic E-state index is 13.1. The van der Waals surface area contributed by atoms with Crippen LogP contribution in [-0.4, -0.2) is 33.7 Å². The van der Waals surface area contributed by atoms with Gasteiger partial charge in [-0.1, -0.05) is 34.8 Å². The third-order valence-electron chi connectivity index (χ3n) is 6.43. The zero-order valence-corrected chi connectivity index (χ0v) is 24.4. The van der Waals surface area contributed by atoms with Crippen molar-refractivity contribution in [3.05, 3.63) is 92.6 Å². The maximum absolute atomic E-state index is 13.1. The lowest BCUT2D eigenvalue weighted by Gasteiger charge is -2.10. The van der Waals surface area contributed by atoms with E-state index in [1.54, 1.807) is 55.5 Å². The van der Waals surface area contributed by atoms with Crippen molar-refractivity contribution >= 4 is 98.1 Å². The first kappa shape index (κ1) is 28.6. The number of rotatable bonds is 7. The molecule has 0 saturated heterocycles. The Morgan fingerprint density at radius 2 is 1.57 bits per heavy atom. The second-order valence-electron chi connectivity index (χ2n) is 9.18. The number of halogens is 5. The number of nitrogens with one attached hydrogen (secondary N) is 3. The quantitative estimate of drug-likeness (QED) is 0.141. The summed E-state index contributed by atoms with van der Waals surface area (Å²) in [5.74, 6) is -2.69. The third-order valence-corrected chi connectivity index (χ3v) is 8.14. The molecule has 7 nitrogen and oxygen atoms in total. The van der Waals surface area contributed by atoms with Gasteiger partial charge in [0.15, 0.2) is 0 Å². The van der Waals surface area contributed by atoms with Crippen LogP contribution in [0.25, 0.3) is 10.9 Å². The number of ether oxygens (including phenoxy) is 1. The molecule has 40 heavy (non-hydrogen) atoms. The number of fused-ring (bicyclic) bond motifs is 1. The number of aromatic amines is 1. The van der Waals surface area contributed by atoms with Gasteiger partial charge in [0.1, 0.15) is 10.0 Å². The molecular formula is C28H20Cl5N3O4. The summed E-state index contributed by atoms with van der Waals surface area (Å²) in [4.78, 5) is 41.2. The highest BCUT2D eigenvalue weighted by molar-refractivity contribution is 6.53. The average Bonchev–Trinajstić information content (AvgIpc) is 3.23. The molecule has 0 radical (unpaired) electrons. The first-order chi connectivity index (χ1) is 19.0. The number of esters is 1. The SMILES string of the molecule is CCOC(=O)c1cc2cc(NC(=O)c3cc(NC(=O)C4C(c5cc(Cl)cc(Cl)c5)C4(Cl)Cl)ccc3Cl)ccc2[nH]1. The molecule has 1 aliphatic carbocycles. The molecule has 0 aliphatic heterocycles. The predicted octanol–water partition coefficient (Wildman–Crippen LogP) is 8.08. The van der Waals surface area contributed by atoms with Crippen LogP contribution in [0.4, 0.5) is 11.4 Å². The van der Waals surface area contributed by atoms with Crippen LogP contribution < -0.4 is 10.6 Å². The maximum Gasteiger partial charge on any atom is 0.354 e. The predicted molar refractivity (Wildman–Crippen MR) is 159 cm³/mol. The van der Waals surface area contributed by atoms with Crippen molar-refractivity contribution in [2.75, 3.05) is 17.2 Å². The number of alkyl halides is 2. The van der Waals surface area contributed by atoms with E-state index < -0.39 is 34.0 Å². The monoisotopic (exact) mass is 637 g/mol. The molecule has 206 valence electrons. The first-order valence-corrected chi connectivity index (χ1v) is 13.9. The van der Waals surface area contributed by atoms with E-state index in [2.05, 4.69) is 15.6 Å². The van der Waals surface area contributed by atoms with Gasteiger partial charge in [-0.25, -0.2) is 4.79 Å². The van der Waals surface area contributed by atoms with Gasteiger partial charge in [-0.2, -0.15) is 0 Å². The minimum absolute atomic E-state index is 0.137. The Bertz CT molecular complexity index is 1650. The normalized spacial score (nSPS) is 17.4. The molecule has 1 fully saturated rings. The molecule has 4 aromatic rings. The van der Waals surface area contributed by atoms with Crippen LogP contribution in [0, 0.1) is 5.92 Å². The van der Waals surface area contributed by atoms with Gasteiger partial charge < -0.3 is 20.4 Å². The van der Waals surface area contributed by atoms with Crippen molar-refractivity contribution in [1.29, 1.82) is 0 Å². The summed E-state index contributed by atoms with van der Waals surface area (Å²) in [5, 5.41) is 7.25. The van der Waals surface area contributed by atoms with Crippen LogP contribution in [0.2, 0.25) is 15.1 Å². The highest BCUT2D eigenvalue weighted by atomic mass is 35.5. The van der Waals surface area contributed by atoms with E-state index in [1.807, 2.05) is 0 Å². The molecule has 0 bridgehead atoms. The largest absolute Gasteiger partial charge is 0.461 e. The first-order valence-electron chi connectivity index (χ1n) is 12.0. The van der Waals surface area contributed by atoms with E-state index in [-0.39, 0.29) is 17.2 Å². The Balaban J connectivity index is 1.31. The number of carbonyl (C=O) groups excluding carboxylic acids is 3. The van der Waals surface area contributed by atoms with Crippen molar-refractivity contribution in [3.63, 3.8) is 0 Å². The molecule has 2 unspecified atom stereocenters. The van der Waals surface area contributed by atoms with Crippen molar-refractivity contribution < 1.29 is 19.1 Å². The smallest absolute Gasteiger partial charge is 0.354 e. The molecule has 0 spiro atoms. The molecule has 2 atom stereocenters. The van der Waals surface area contributed by atoms with Crippen LogP contribution in [-0.2, 0) is 9.53 Å². The van der Waals surface area contributed by atoms with Gasteiger partial charge in [-0.15, -0.1) is 23.2 Å². The molecule has 3 aromatic carbocycles. The lowest BCUT2D eigenvalue weighted by atomic mass is 10.1. The van der Waals surface area contributed by atoms with Gasteiger partial charge in [0.05, 0.1) is 23.1 Å². The standard InChI is InChI=1S/C28H20Cl5N3O4/c1-2-40-27(39)22-10-13-9-17(4-6-21(13)36-22)34-25(37)19-12-18(3-5-20(19)31)35-26(38)24-23(28(24,32)33)14-7-15(29)11-16(30)8-14/h3-12,23-24,36H,2H2,1H3,(H,34,37)(H,35,38). The number of hydrogen-bond donors (Lipinski definition) is 3. The van der Waals surface area contributed by atoms with Gasteiger partial charge in [-0.3, -0.25) is 9.59 Å². The Labute approximate surface area is 254 Å². The molecular weight excluding hydrogens is 620 g/mol. The summed E-state index contributed by atoms with van der Waals surface area (Å²) >= 11 is 31.4. The second kappa shape index (κ2) is 11.1. The molecule has 1 heterocycles. The van der Waals surface area contributed by atoms with Crippen molar-refractivity contribution in [2.24, 2.45) is 5.92 Å². The molecule has 1 aromatic heterocycles. The summed E-state index contributed by atoms with van der Waals surface area (Å²) in [7, 11) is 0. The Morgan fingerprint density at radius 3 is 2.27 bits per heavy atom. The van der Waals surface area contributed by atoms with Crippen LogP contribution >= 0.6 is 58.0 Å². The van der Waals surface area contributed by atoms with Crippen molar-refractivity contribution in [1.82, 2.24) is 4.98 Å². The van der Waals surface area contributed by atoms with Gasteiger partial charge >= 0.3 is 5.97 Å².